The van der Waals surface area contributed by atoms with E-state index in [1.54, 1.807) is 0 Å². The van der Waals surface area contributed by atoms with Gasteiger partial charge < -0.3 is 10.5 Å². The quantitative estimate of drug-likeness (QED) is 0.605. The van der Waals surface area contributed by atoms with Crippen LogP contribution in [0.25, 0.3) is 0 Å². The molecule has 0 saturated heterocycles. The Morgan fingerprint density at radius 3 is 2.87 bits per heavy atom. The Labute approximate surface area is 84.5 Å². The summed E-state index contributed by atoms with van der Waals surface area (Å²) in [6.45, 7) is 0.118. The zero-order chi connectivity index (χ0) is 11.4. The Hall–Kier alpha value is -2.05. The van der Waals surface area contributed by atoms with Crippen LogP contribution in [0.4, 0.5) is 5.69 Å². The second-order valence-electron chi connectivity index (χ2n) is 2.86. The highest BCUT2D eigenvalue weighted by atomic mass is 16.5. The summed E-state index contributed by atoms with van der Waals surface area (Å²) >= 11 is 0. The summed E-state index contributed by atoms with van der Waals surface area (Å²) in [6, 6.07) is 0. The second kappa shape index (κ2) is 4.45. The van der Waals surface area contributed by atoms with Crippen LogP contribution in [0.15, 0.2) is 15.8 Å². The van der Waals surface area contributed by atoms with Crippen molar-refractivity contribution in [3.8, 4) is 0 Å². The minimum Gasteiger partial charge on any atom is -0.469 e. The molecule has 1 heterocycles. The molecule has 0 aliphatic rings. The van der Waals surface area contributed by atoms with Gasteiger partial charge in [-0.2, -0.15) is 0 Å². The fourth-order valence-corrected chi connectivity index (χ4v) is 1.01. The lowest BCUT2D eigenvalue weighted by Gasteiger charge is -2.04. The number of ether oxygens (including phenoxy) is 1. The molecule has 0 aromatic carbocycles. The molecule has 0 radical (unpaired) electrons. The van der Waals surface area contributed by atoms with Crippen LogP contribution in [0.2, 0.25) is 0 Å². The lowest BCUT2D eigenvalue weighted by molar-refractivity contribution is -0.140. The van der Waals surface area contributed by atoms with Crippen LogP contribution in [0, 0.1) is 0 Å². The predicted molar refractivity (Wildman–Crippen MR) is 52.4 cm³/mol. The van der Waals surface area contributed by atoms with Crippen molar-refractivity contribution >= 4 is 11.7 Å². The molecule has 1 rings (SSSR count). The van der Waals surface area contributed by atoms with E-state index in [0.717, 1.165) is 4.57 Å². The Kier molecular flexibility index (Phi) is 3.27. The highest BCUT2D eigenvalue weighted by Crippen LogP contribution is 1.91. The van der Waals surface area contributed by atoms with Crippen molar-refractivity contribution in [2.75, 3.05) is 12.8 Å². The third-order valence-electron chi connectivity index (χ3n) is 1.82. The van der Waals surface area contributed by atoms with Gasteiger partial charge in [-0.25, -0.2) is 4.79 Å². The molecule has 0 spiro atoms. The number of anilines is 1. The van der Waals surface area contributed by atoms with Gasteiger partial charge in [0.05, 0.1) is 13.5 Å². The van der Waals surface area contributed by atoms with E-state index in [0.29, 0.717) is 0 Å². The maximum absolute atomic E-state index is 11.2. The van der Waals surface area contributed by atoms with Crippen LogP contribution in [0.5, 0.6) is 0 Å². The second-order valence-corrected chi connectivity index (χ2v) is 2.86. The first-order valence-corrected chi connectivity index (χ1v) is 4.20. The average molecular weight is 213 g/mol. The monoisotopic (exact) mass is 213 g/mol. The van der Waals surface area contributed by atoms with Crippen molar-refractivity contribution in [1.82, 2.24) is 9.55 Å². The summed E-state index contributed by atoms with van der Waals surface area (Å²) in [5.74, 6) is -0.438. The Bertz CT molecular complexity index is 474. The van der Waals surface area contributed by atoms with Crippen molar-refractivity contribution in [3.63, 3.8) is 0 Å². The van der Waals surface area contributed by atoms with Crippen molar-refractivity contribution in [2.45, 2.75) is 13.0 Å². The molecule has 0 amide bonds. The fraction of sp³-hybridized carbons (Fsp3) is 0.375. The standard InChI is InChI=1S/C8H11N3O4/c1-15-6(12)2-3-11-4-5(9)7(13)10-8(11)14/h4H,2-3,9H2,1H3,(H,10,13,14). The molecule has 82 valence electrons. The van der Waals surface area contributed by atoms with Gasteiger partial charge in [-0.15, -0.1) is 0 Å². The van der Waals surface area contributed by atoms with Crippen molar-refractivity contribution in [3.05, 3.63) is 27.0 Å². The minimum absolute atomic E-state index is 0.0435. The molecule has 0 atom stereocenters. The first kappa shape index (κ1) is 11.0. The topological polar surface area (TPSA) is 107 Å². The number of nitrogens with zero attached hydrogens (tertiary/aromatic N) is 1. The van der Waals surface area contributed by atoms with Gasteiger partial charge in [0, 0.05) is 12.7 Å². The predicted octanol–water partition coefficient (Wildman–Crippen LogP) is -1.32. The highest BCUT2D eigenvalue weighted by molar-refractivity contribution is 5.68. The average Bonchev–Trinajstić information content (AvgIpc) is 2.21. The lowest BCUT2D eigenvalue weighted by Crippen LogP contribution is -2.31. The van der Waals surface area contributed by atoms with E-state index in [1.807, 2.05) is 4.98 Å². The molecule has 1 aromatic heterocycles. The number of rotatable bonds is 3. The maximum Gasteiger partial charge on any atom is 0.328 e. The molecule has 0 bridgehead atoms. The van der Waals surface area contributed by atoms with Gasteiger partial charge in [0.25, 0.3) is 5.56 Å². The molecule has 0 fully saturated rings. The number of aromatic nitrogens is 2. The van der Waals surface area contributed by atoms with E-state index >= 15 is 0 Å². The summed E-state index contributed by atoms with van der Waals surface area (Å²) in [7, 11) is 1.26. The largest absolute Gasteiger partial charge is 0.469 e. The van der Waals surface area contributed by atoms with E-state index in [4.69, 9.17) is 5.73 Å². The Morgan fingerprint density at radius 2 is 2.27 bits per heavy atom. The molecular weight excluding hydrogens is 202 g/mol. The Morgan fingerprint density at radius 1 is 1.60 bits per heavy atom. The number of nitrogens with one attached hydrogen (secondary N) is 1. The molecule has 0 aliphatic carbocycles. The summed E-state index contributed by atoms with van der Waals surface area (Å²) in [4.78, 5) is 34.9. The molecule has 1 aromatic rings. The number of carbonyl (C=O) groups is 1. The van der Waals surface area contributed by atoms with Crippen LogP contribution in [0.3, 0.4) is 0 Å². The molecule has 15 heavy (non-hydrogen) atoms. The normalized spacial score (nSPS) is 9.93. The van der Waals surface area contributed by atoms with Gasteiger partial charge in [-0.3, -0.25) is 19.1 Å². The first-order valence-electron chi connectivity index (χ1n) is 4.20. The van der Waals surface area contributed by atoms with E-state index in [9.17, 15) is 14.4 Å². The van der Waals surface area contributed by atoms with E-state index in [1.165, 1.54) is 13.3 Å². The molecule has 7 heteroatoms. The van der Waals surface area contributed by atoms with Gasteiger partial charge in [0.1, 0.15) is 5.69 Å². The number of hydrogen-bond donors (Lipinski definition) is 2. The SMILES string of the molecule is COC(=O)CCn1cc(N)c(=O)[nH]c1=O. The number of nitrogen functional groups attached to an aromatic ring is 1. The summed E-state index contributed by atoms with van der Waals surface area (Å²) in [5, 5.41) is 0. The number of esters is 1. The van der Waals surface area contributed by atoms with Gasteiger partial charge >= 0.3 is 11.7 Å². The zero-order valence-electron chi connectivity index (χ0n) is 8.15. The minimum atomic E-state index is -0.630. The van der Waals surface area contributed by atoms with Gasteiger partial charge in [0.15, 0.2) is 0 Å². The van der Waals surface area contributed by atoms with Crippen molar-refractivity contribution in [2.24, 2.45) is 0 Å². The molecule has 3 N–H and O–H groups in total. The van der Waals surface area contributed by atoms with Gasteiger partial charge in [-0.05, 0) is 0 Å². The Balaban J connectivity index is 2.87. The number of carbonyl (C=O) groups excluding carboxylic acids is 1. The third-order valence-corrected chi connectivity index (χ3v) is 1.82. The molecular formula is C8H11N3O4. The molecule has 7 nitrogen and oxygen atoms in total. The molecule has 0 saturated carbocycles. The van der Waals surface area contributed by atoms with Crippen LogP contribution in [-0.2, 0) is 16.1 Å². The fourth-order valence-electron chi connectivity index (χ4n) is 1.01. The van der Waals surface area contributed by atoms with Crippen LogP contribution < -0.4 is 17.0 Å². The van der Waals surface area contributed by atoms with Crippen molar-refractivity contribution < 1.29 is 9.53 Å². The molecule has 0 aliphatic heterocycles. The number of methoxy groups -OCH3 is 1. The summed E-state index contributed by atoms with van der Waals surface area (Å²) in [5.41, 5.74) is 4.01. The first-order chi connectivity index (χ1) is 7.04. The number of H-pyrrole nitrogens is 1. The van der Waals surface area contributed by atoms with Crippen LogP contribution >= 0.6 is 0 Å². The maximum atomic E-state index is 11.2. The van der Waals surface area contributed by atoms with Gasteiger partial charge in [-0.1, -0.05) is 0 Å². The number of aromatic amines is 1. The highest BCUT2D eigenvalue weighted by Gasteiger charge is 2.04. The number of hydrogen-bond acceptors (Lipinski definition) is 5. The summed E-state index contributed by atoms with van der Waals surface area (Å²) < 4.78 is 5.55. The smallest absolute Gasteiger partial charge is 0.328 e. The number of aryl methyl sites for hydroxylation is 1. The lowest BCUT2D eigenvalue weighted by atomic mass is 10.4. The van der Waals surface area contributed by atoms with E-state index in [-0.39, 0.29) is 18.7 Å². The molecule has 0 unspecified atom stereocenters. The van der Waals surface area contributed by atoms with Crippen LogP contribution in [0.1, 0.15) is 6.42 Å². The van der Waals surface area contributed by atoms with E-state index < -0.39 is 17.2 Å². The van der Waals surface area contributed by atoms with Crippen LogP contribution in [-0.4, -0.2) is 22.6 Å². The van der Waals surface area contributed by atoms with Crippen molar-refractivity contribution in [1.29, 1.82) is 0 Å². The zero-order valence-corrected chi connectivity index (χ0v) is 8.15. The number of nitrogens with two attached hydrogens (primary N) is 1. The van der Waals surface area contributed by atoms with Gasteiger partial charge in [0.2, 0.25) is 0 Å². The third kappa shape index (κ3) is 2.70. The summed E-state index contributed by atoms with van der Waals surface area (Å²) in [6.07, 6.45) is 1.24. The van der Waals surface area contributed by atoms with E-state index in [2.05, 4.69) is 4.74 Å².